The van der Waals surface area contributed by atoms with Crippen molar-refractivity contribution in [3.8, 4) is 0 Å². The topological polar surface area (TPSA) is 62.3 Å². The van der Waals surface area contributed by atoms with E-state index in [1.54, 1.807) is 17.5 Å². The number of rotatable bonds is 5. The largest absolute Gasteiger partial charge is 0.296 e. The number of thiazole rings is 1. The zero-order chi connectivity index (χ0) is 13.1. The molecular weight excluding hydrogens is 250 g/mol. The normalized spacial score (nSPS) is 21.7. The molecule has 2 amide bonds. The molecule has 1 fully saturated rings. The maximum Gasteiger partial charge on any atom is 0.246 e. The fraction of sp³-hybridized carbons (Fsp3) is 0.583. The summed E-state index contributed by atoms with van der Waals surface area (Å²) < 4.78 is 0. The number of carbonyl (C=O) groups is 2. The van der Waals surface area contributed by atoms with Crippen LogP contribution >= 0.6 is 11.3 Å². The summed E-state index contributed by atoms with van der Waals surface area (Å²) in [4.78, 5) is 29.2. The van der Waals surface area contributed by atoms with Crippen LogP contribution in [0.2, 0.25) is 0 Å². The number of carbonyl (C=O) groups excluding carboxylic acids is 2. The van der Waals surface area contributed by atoms with Crippen LogP contribution in [-0.4, -0.2) is 34.3 Å². The summed E-state index contributed by atoms with van der Waals surface area (Å²) >= 11 is 1.56. The Kier molecular flexibility index (Phi) is 4.08. The maximum atomic E-state index is 12.0. The Morgan fingerprint density at radius 2 is 2.33 bits per heavy atom. The van der Waals surface area contributed by atoms with E-state index in [0.29, 0.717) is 6.54 Å². The molecule has 2 rings (SSSR count). The van der Waals surface area contributed by atoms with Crippen LogP contribution in [0.4, 0.5) is 0 Å². The first-order valence-corrected chi connectivity index (χ1v) is 7.05. The summed E-state index contributed by atoms with van der Waals surface area (Å²) in [5, 5.41) is 6.13. The van der Waals surface area contributed by atoms with E-state index in [2.05, 4.69) is 10.3 Å². The first-order chi connectivity index (χ1) is 8.67. The highest BCUT2D eigenvalue weighted by atomic mass is 32.1. The average molecular weight is 267 g/mol. The molecule has 0 saturated carbocycles. The highest BCUT2D eigenvalue weighted by molar-refractivity contribution is 7.09. The summed E-state index contributed by atoms with van der Waals surface area (Å²) in [6.45, 7) is 4.30. The monoisotopic (exact) mass is 267 g/mol. The molecule has 1 aromatic rings. The predicted octanol–water partition coefficient (Wildman–Crippen LogP) is 1.33. The molecule has 1 aromatic heterocycles. The van der Waals surface area contributed by atoms with Gasteiger partial charge in [0.1, 0.15) is 5.01 Å². The number of hydrogen-bond acceptors (Lipinski definition) is 5. The van der Waals surface area contributed by atoms with E-state index in [1.807, 2.05) is 19.2 Å². The zero-order valence-corrected chi connectivity index (χ0v) is 11.4. The van der Waals surface area contributed by atoms with Crippen LogP contribution in [0, 0.1) is 0 Å². The van der Waals surface area contributed by atoms with Gasteiger partial charge in [0.25, 0.3) is 0 Å². The minimum absolute atomic E-state index is 0.0450. The Morgan fingerprint density at radius 1 is 1.56 bits per heavy atom. The molecular formula is C12H17N3O2S. The van der Waals surface area contributed by atoms with Crippen molar-refractivity contribution in [2.24, 2.45) is 0 Å². The second-order valence-corrected chi connectivity index (χ2v) is 5.16. The van der Waals surface area contributed by atoms with Crippen molar-refractivity contribution in [3.05, 3.63) is 16.6 Å². The molecule has 6 heteroatoms. The summed E-state index contributed by atoms with van der Waals surface area (Å²) in [6.07, 6.45) is 2.86. The molecule has 5 nitrogen and oxygen atoms in total. The number of imide groups is 1. The zero-order valence-electron chi connectivity index (χ0n) is 10.5. The summed E-state index contributed by atoms with van der Waals surface area (Å²) in [7, 11) is 0. The first kappa shape index (κ1) is 13.2. The molecule has 98 valence electrons. The molecule has 0 spiro atoms. The maximum absolute atomic E-state index is 12.0. The Balaban J connectivity index is 2.05. The Hall–Kier alpha value is -1.27. The van der Waals surface area contributed by atoms with E-state index in [9.17, 15) is 9.59 Å². The lowest BCUT2D eigenvalue weighted by Gasteiger charge is -2.18. The average Bonchev–Trinajstić information content (AvgIpc) is 2.96. The summed E-state index contributed by atoms with van der Waals surface area (Å²) in [5.74, 6) is -0.202. The Bertz CT molecular complexity index is 433. The lowest BCUT2D eigenvalue weighted by atomic mass is 10.1. The van der Waals surface area contributed by atoms with E-state index in [0.717, 1.165) is 11.4 Å². The fourth-order valence-corrected chi connectivity index (χ4v) is 2.94. The van der Waals surface area contributed by atoms with Crippen LogP contribution in [0.15, 0.2) is 11.6 Å². The Labute approximate surface area is 110 Å². The first-order valence-electron chi connectivity index (χ1n) is 6.17. The smallest absolute Gasteiger partial charge is 0.246 e. The van der Waals surface area contributed by atoms with Crippen molar-refractivity contribution in [2.75, 3.05) is 6.54 Å². The van der Waals surface area contributed by atoms with Crippen molar-refractivity contribution in [2.45, 2.75) is 38.8 Å². The van der Waals surface area contributed by atoms with Crippen LogP contribution < -0.4 is 5.32 Å². The third-order valence-corrected chi connectivity index (χ3v) is 4.01. The van der Waals surface area contributed by atoms with Gasteiger partial charge in [-0.3, -0.25) is 19.8 Å². The molecule has 0 aromatic carbocycles. The van der Waals surface area contributed by atoms with Gasteiger partial charge in [0, 0.05) is 18.1 Å². The fourth-order valence-electron chi connectivity index (χ4n) is 2.16. The van der Waals surface area contributed by atoms with Gasteiger partial charge in [-0.1, -0.05) is 6.92 Å². The predicted molar refractivity (Wildman–Crippen MR) is 69.1 cm³/mol. The quantitative estimate of drug-likeness (QED) is 0.818. The van der Waals surface area contributed by atoms with E-state index in [4.69, 9.17) is 0 Å². The van der Waals surface area contributed by atoms with Gasteiger partial charge in [0.2, 0.25) is 11.8 Å². The van der Waals surface area contributed by atoms with Gasteiger partial charge in [-0.05, 0) is 13.3 Å². The number of nitrogens with zero attached hydrogens (tertiary/aromatic N) is 2. The number of amides is 2. The van der Waals surface area contributed by atoms with Crippen LogP contribution in [-0.2, 0) is 9.59 Å². The minimum atomic E-state index is -0.397. The van der Waals surface area contributed by atoms with E-state index < -0.39 is 6.04 Å². The third kappa shape index (κ3) is 2.44. The molecule has 2 atom stereocenters. The molecule has 0 bridgehead atoms. The van der Waals surface area contributed by atoms with Crippen molar-refractivity contribution in [3.63, 3.8) is 0 Å². The molecule has 0 aliphatic carbocycles. The van der Waals surface area contributed by atoms with Crippen LogP contribution in [0.1, 0.15) is 37.7 Å². The van der Waals surface area contributed by atoms with Gasteiger partial charge in [-0.15, -0.1) is 11.3 Å². The summed E-state index contributed by atoms with van der Waals surface area (Å²) in [6, 6.07) is -0.352. The SMILES string of the molecule is CCC(NC1CC(=O)N(CC)C1=O)c1nccs1. The van der Waals surface area contributed by atoms with Crippen molar-refractivity contribution in [1.82, 2.24) is 15.2 Å². The van der Waals surface area contributed by atoms with E-state index in [-0.39, 0.29) is 24.3 Å². The third-order valence-electron chi connectivity index (χ3n) is 3.12. The molecule has 1 N–H and O–H groups in total. The van der Waals surface area contributed by atoms with E-state index in [1.165, 1.54) is 4.90 Å². The standard InChI is InChI=1S/C12H17N3O2S/c1-3-8(11-13-5-6-18-11)14-9-7-10(16)15(4-2)12(9)17/h5-6,8-9,14H,3-4,7H2,1-2H3. The molecule has 0 radical (unpaired) electrons. The van der Waals surface area contributed by atoms with Crippen LogP contribution in [0.25, 0.3) is 0 Å². The van der Waals surface area contributed by atoms with Gasteiger partial charge in [-0.25, -0.2) is 4.98 Å². The Morgan fingerprint density at radius 3 is 2.83 bits per heavy atom. The molecule has 18 heavy (non-hydrogen) atoms. The molecule has 1 saturated heterocycles. The summed E-state index contributed by atoms with van der Waals surface area (Å²) in [5.41, 5.74) is 0. The number of aromatic nitrogens is 1. The van der Waals surface area contributed by atoms with Crippen molar-refractivity contribution < 1.29 is 9.59 Å². The second kappa shape index (κ2) is 5.58. The molecule has 2 unspecified atom stereocenters. The minimum Gasteiger partial charge on any atom is -0.296 e. The van der Waals surface area contributed by atoms with Crippen molar-refractivity contribution >= 4 is 23.2 Å². The highest BCUT2D eigenvalue weighted by Gasteiger charge is 2.38. The number of hydrogen-bond donors (Lipinski definition) is 1. The number of likely N-dealkylation sites (N-methyl/N-ethyl adjacent to an activating group) is 1. The van der Waals surface area contributed by atoms with Crippen LogP contribution in [0.3, 0.4) is 0 Å². The van der Waals surface area contributed by atoms with Gasteiger partial charge < -0.3 is 0 Å². The van der Waals surface area contributed by atoms with Gasteiger partial charge in [0.15, 0.2) is 0 Å². The van der Waals surface area contributed by atoms with E-state index >= 15 is 0 Å². The number of nitrogens with one attached hydrogen (secondary N) is 1. The highest BCUT2D eigenvalue weighted by Crippen LogP contribution is 2.22. The lowest BCUT2D eigenvalue weighted by molar-refractivity contribution is -0.138. The molecule has 1 aliphatic rings. The van der Waals surface area contributed by atoms with Gasteiger partial charge >= 0.3 is 0 Å². The van der Waals surface area contributed by atoms with Gasteiger partial charge in [-0.2, -0.15) is 0 Å². The van der Waals surface area contributed by atoms with Gasteiger partial charge in [0.05, 0.1) is 18.5 Å². The molecule has 1 aliphatic heterocycles. The van der Waals surface area contributed by atoms with Crippen molar-refractivity contribution in [1.29, 1.82) is 0 Å². The van der Waals surface area contributed by atoms with Crippen LogP contribution in [0.5, 0.6) is 0 Å². The lowest BCUT2D eigenvalue weighted by Crippen LogP contribution is -2.40. The molecule has 2 heterocycles. The second-order valence-electron chi connectivity index (χ2n) is 4.23. The number of likely N-dealkylation sites (tertiary alicyclic amines) is 1.